The van der Waals surface area contributed by atoms with Crippen LogP contribution in [0, 0.1) is 0 Å². The molecular weight excluding hydrogens is 366 g/mol. The molecule has 0 spiro atoms. The Morgan fingerprint density at radius 1 is 1.11 bits per heavy atom. The lowest BCUT2D eigenvalue weighted by Crippen LogP contribution is -2.55. The lowest BCUT2D eigenvalue weighted by molar-refractivity contribution is -0.138. The summed E-state index contributed by atoms with van der Waals surface area (Å²) in [5.41, 5.74) is 1.35. The van der Waals surface area contributed by atoms with Crippen molar-refractivity contribution in [3.63, 3.8) is 0 Å². The highest BCUT2D eigenvalue weighted by molar-refractivity contribution is 7.80. The highest BCUT2D eigenvalue weighted by atomic mass is 32.1. The quantitative estimate of drug-likeness (QED) is 0.484. The average Bonchev–Trinajstić information content (AvgIpc) is 2.96. The lowest BCUT2D eigenvalue weighted by atomic mass is 10.1. The first-order valence-electron chi connectivity index (χ1n) is 8.58. The van der Waals surface area contributed by atoms with Gasteiger partial charge >= 0.3 is 5.97 Å². The Morgan fingerprint density at radius 3 is 2.26 bits per heavy atom. The number of carbonyl (C=O) groups excluding carboxylic acids is 2. The van der Waals surface area contributed by atoms with E-state index in [1.807, 2.05) is 18.2 Å². The first-order chi connectivity index (χ1) is 12.9. The fourth-order valence-corrected chi connectivity index (χ4v) is 3.63. The summed E-state index contributed by atoms with van der Waals surface area (Å²) in [5, 5.41) is 10.1. The maximum Gasteiger partial charge on any atom is 0.323 e. The highest BCUT2D eigenvalue weighted by Gasteiger charge is 2.37. The second-order valence-corrected chi connectivity index (χ2v) is 6.43. The molecule has 140 valence electrons. The van der Waals surface area contributed by atoms with E-state index in [-0.39, 0.29) is 17.2 Å². The predicted molar refractivity (Wildman–Crippen MR) is 105 cm³/mol. The number of carboxylic acids is 1. The van der Waals surface area contributed by atoms with Gasteiger partial charge in [0.25, 0.3) is 11.8 Å². The molecule has 1 saturated heterocycles. The number of amides is 2. The normalized spacial score (nSPS) is 15.0. The van der Waals surface area contributed by atoms with Gasteiger partial charge < -0.3 is 9.67 Å². The molecular formula is C19H19N3O4S. The molecule has 3 rings (SSSR count). The number of aromatic nitrogens is 1. The summed E-state index contributed by atoms with van der Waals surface area (Å²) in [6.07, 6.45) is 3.17. The van der Waals surface area contributed by atoms with Crippen molar-refractivity contribution in [2.24, 2.45) is 0 Å². The summed E-state index contributed by atoms with van der Waals surface area (Å²) >= 11 is 5.26. The Hall–Kier alpha value is -3.00. The minimum atomic E-state index is -0.973. The van der Waals surface area contributed by atoms with Crippen LogP contribution in [0.25, 0.3) is 17.0 Å². The fraction of sp³-hybridized carbons (Fsp3) is 0.263. The Balaban J connectivity index is 2.15. The van der Waals surface area contributed by atoms with E-state index in [9.17, 15) is 14.4 Å². The molecule has 0 saturated carbocycles. The summed E-state index contributed by atoms with van der Waals surface area (Å²) < 4.78 is 1.58. The van der Waals surface area contributed by atoms with Gasteiger partial charge in [0.15, 0.2) is 5.11 Å². The van der Waals surface area contributed by atoms with Crippen LogP contribution in [0.2, 0.25) is 0 Å². The number of rotatable bonds is 5. The van der Waals surface area contributed by atoms with E-state index in [0.29, 0.717) is 18.7 Å². The number of hydrogen-bond acceptors (Lipinski definition) is 4. The van der Waals surface area contributed by atoms with E-state index in [1.54, 1.807) is 30.7 Å². The van der Waals surface area contributed by atoms with Gasteiger partial charge in [-0.1, -0.05) is 18.2 Å². The second kappa shape index (κ2) is 7.32. The van der Waals surface area contributed by atoms with Crippen LogP contribution in [0.3, 0.4) is 0 Å². The van der Waals surface area contributed by atoms with Crippen LogP contribution in [0.4, 0.5) is 0 Å². The molecule has 1 N–H and O–H groups in total. The molecule has 0 aliphatic carbocycles. The van der Waals surface area contributed by atoms with E-state index >= 15 is 0 Å². The van der Waals surface area contributed by atoms with Crippen molar-refractivity contribution in [1.82, 2.24) is 14.4 Å². The summed E-state index contributed by atoms with van der Waals surface area (Å²) in [5.74, 6) is -1.85. The molecule has 27 heavy (non-hydrogen) atoms. The summed E-state index contributed by atoms with van der Waals surface area (Å²) in [4.78, 5) is 39.5. The number of likely N-dealkylation sites (N-methyl/N-ethyl adjacent to an activating group) is 2. The maximum absolute atomic E-state index is 12.8. The average molecular weight is 385 g/mol. The molecule has 0 atom stereocenters. The number of fused-ring (bicyclic) bond motifs is 1. The Kier molecular flexibility index (Phi) is 5.09. The van der Waals surface area contributed by atoms with Gasteiger partial charge in [-0.05, 0) is 38.2 Å². The first kappa shape index (κ1) is 18.8. The number of hydrogen-bond donors (Lipinski definition) is 1. The molecule has 1 aromatic heterocycles. The van der Waals surface area contributed by atoms with Crippen LogP contribution in [-0.4, -0.2) is 55.5 Å². The zero-order valence-corrected chi connectivity index (χ0v) is 15.8. The van der Waals surface area contributed by atoms with Gasteiger partial charge in [0.1, 0.15) is 12.1 Å². The molecule has 1 aliphatic rings. The number of thiocarbonyl (C=S) groups is 1. The highest BCUT2D eigenvalue weighted by Crippen LogP contribution is 2.26. The standard InChI is InChI=1S/C19H19N3O4S/c1-3-21-17(25)14(18(26)22(4-2)19(21)27)9-12-10-20(11-16(23)24)15-8-6-5-7-13(12)15/h5-10H,3-4,11H2,1-2H3,(H,23,24). The number of carboxylic acid groups (broad SMARTS) is 1. The first-order valence-corrected chi connectivity index (χ1v) is 8.98. The molecule has 1 aliphatic heterocycles. The van der Waals surface area contributed by atoms with E-state index in [0.717, 1.165) is 10.9 Å². The molecule has 2 amide bonds. The van der Waals surface area contributed by atoms with Crippen molar-refractivity contribution in [2.75, 3.05) is 13.1 Å². The summed E-state index contributed by atoms with van der Waals surface area (Å²) in [7, 11) is 0. The van der Waals surface area contributed by atoms with Crippen molar-refractivity contribution in [3.8, 4) is 0 Å². The van der Waals surface area contributed by atoms with Crippen LogP contribution in [0.1, 0.15) is 19.4 Å². The molecule has 2 aromatic rings. The van der Waals surface area contributed by atoms with Crippen LogP contribution in [0.5, 0.6) is 0 Å². The minimum Gasteiger partial charge on any atom is -0.480 e. The van der Waals surface area contributed by atoms with Gasteiger partial charge in [0, 0.05) is 35.8 Å². The molecule has 1 aromatic carbocycles. The van der Waals surface area contributed by atoms with E-state index in [2.05, 4.69) is 0 Å². The van der Waals surface area contributed by atoms with Crippen molar-refractivity contribution in [1.29, 1.82) is 0 Å². The van der Waals surface area contributed by atoms with Gasteiger partial charge in [-0.15, -0.1) is 0 Å². The number of para-hydroxylation sites is 1. The SMILES string of the molecule is CCN1C(=O)C(=Cc2cn(CC(=O)O)c3ccccc23)C(=O)N(CC)C1=S. The number of nitrogens with zero attached hydrogens (tertiary/aromatic N) is 3. The largest absolute Gasteiger partial charge is 0.480 e. The topological polar surface area (TPSA) is 82.9 Å². The van der Waals surface area contributed by atoms with Crippen LogP contribution < -0.4 is 0 Å². The molecule has 7 nitrogen and oxygen atoms in total. The van der Waals surface area contributed by atoms with Gasteiger partial charge in [-0.25, -0.2) is 0 Å². The van der Waals surface area contributed by atoms with Crippen LogP contribution in [0.15, 0.2) is 36.0 Å². The molecule has 1 fully saturated rings. The predicted octanol–water partition coefficient (Wildman–Crippen LogP) is 2.10. The number of carbonyl (C=O) groups is 3. The van der Waals surface area contributed by atoms with Gasteiger partial charge in [-0.3, -0.25) is 24.2 Å². The minimum absolute atomic E-state index is 0.0190. The van der Waals surface area contributed by atoms with Crippen molar-refractivity contribution in [2.45, 2.75) is 20.4 Å². The third kappa shape index (κ3) is 3.23. The van der Waals surface area contributed by atoms with Gasteiger partial charge in [-0.2, -0.15) is 0 Å². The maximum atomic E-state index is 12.8. The zero-order valence-electron chi connectivity index (χ0n) is 15.0. The van der Waals surface area contributed by atoms with Gasteiger partial charge in [0.2, 0.25) is 0 Å². The monoisotopic (exact) mass is 385 g/mol. The number of aliphatic carboxylic acids is 1. The second-order valence-electron chi connectivity index (χ2n) is 6.06. The Morgan fingerprint density at radius 2 is 1.70 bits per heavy atom. The van der Waals surface area contributed by atoms with Crippen LogP contribution >= 0.6 is 12.2 Å². The summed E-state index contributed by atoms with van der Waals surface area (Å²) in [6, 6.07) is 7.27. The summed E-state index contributed by atoms with van der Waals surface area (Å²) in [6.45, 7) is 4.10. The molecule has 0 unspecified atom stereocenters. The Bertz CT molecular complexity index is 964. The number of benzene rings is 1. The van der Waals surface area contributed by atoms with Crippen molar-refractivity contribution < 1.29 is 19.5 Å². The molecule has 2 heterocycles. The molecule has 0 bridgehead atoms. The van der Waals surface area contributed by atoms with Crippen LogP contribution in [-0.2, 0) is 20.9 Å². The van der Waals surface area contributed by atoms with Gasteiger partial charge in [0.05, 0.1) is 0 Å². The van der Waals surface area contributed by atoms with Crippen molar-refractivity contribution in [3.05, 3.63) is 41.6 Å². The zero-order chi connectivity index (χ0) is 19.7. The molecule has 0 radical (unpaired) electrons. The fourth-order valence-electron chi connectivity index (χ4n) is 3.21. The van der Waals surface area contributed by atoms with E-state index in [4.69, 9.17) is 17.3 Å². The van der Waals surface area contributed by atoms with Crippen molar-refractivity contribution >= 4 is 52.1 Å². The lowest BCUT2D eigenvalue weighted by Gasteiger charge is -2.35. The Labute approximate surface area is 161 Å². The third-order valence-corrected chi connectivity index (χ3v) is 4.91. The smallest absolute Gasteiger partial charge is 0.323 e. The third-order valence-electron chi connectivity index (χ3n) is 4.47. The van der Waals surface area contributed by atoms with E-state index in [1.165, 1.54) is 15.9 Å². The molecule has 8 heteroatoms. The van der Waals surface area contributed by atoms with E-state index < -0.39 is 17.8 Å².